The topological polar surface area (TPSA) is 62.2 Å². The second-order valence-corrected chi connectivity index (χ2v) is 6.71. The molecule has 2 fully saturated rings. The Bertz CT molecular complexity index is 512. The number of amides is 1. The summed E-state index contributed by atoms with van der Waals surface area (Å²) >= 11 is 0. The van der Waals surface area contributed by atoms with Gasteiger partial charge in [-0.3, -0.25) is 9.78 Å². The molecule has 4 heteroatoms. The van der Waals surface area contributed by atoms with Crippen molar-refractivity contribution in [1.29, 1.82) is 0 Å². The molecular formula is C18H26N2O2. The van der Waals surface area contributed by atoms with Gasteiger partial charge in [0.05, 0.1) is 12.1 Å². The van der Waals surface area contributed by atoms with E-state index in [1.54, 1.807) is 6.20 Å². The number of carbonyl (C=O) groups excluding carboxylic acids is 1. The number of hydrogen-bond donors (Lipinski definition) is 2. The zero-order chi connectivity index (χ0) is 15.4. The molecule has 1 heterocycles. The maximum Gasteiger partial charge on any atom is 0.270 e. The van der Waals surface area contributed by atoms with Crippen LogP contribution >= 0.6 is 0 Å². The van der Waals surface area contributed by atoms with Crippen LogP contribution in [0.15, 0.2) is 18.3 Å². The molecule has 22 heavy (non-hydrogen) atoms. The molecule has 0 aliphatic heterocycles. The van der Waals surface area contributed by atoms with Gasteiger partial charge in [-0.05, 0) is 43.2 Å². The average Bonchev–Trinajstić information content (AvgIpc) is 2.58. The highest BCUT2D eigenvalue weighted by Crippen LogP contribution is 2.33. The number of nitrogens with zero attached hydrogens (tertiary/aromatic N) is 1. The molecular weight excluding hydrogens is 276 g/mol. The minimum absolute atomic E-state index is 0.118. The van der Waals surface area contributed by atoms with Gasteiger partial charge in [0.25, 0.3) is 5.91 Å². The van der Waals surface area contributed by atoms with E-state index in [1.807, 2.05) is 6.07 Å². The largest absolute Gasteiger partial charge is 0.391 e. The van der Waals surface area contributed by atoms with Crippen LogP contribution in [0.5, 0.6) is 0 Å². The lowest BCUT2D eigenvalue weighted by Gasteiger charge is -2.29. The second kappa shape index (κ2) is 7.23. The number of hydrogen-bond acceptors (Lipinski definition) is 3. The minimum Gasteiger partial charge on any atom is -0.391 e. The number of carbonyl (C=O) groups is 1. The van der Waals surface area contributed by atoms with Gasteiger partial charge >= 0.3 is 0 Å². The predicted octanol–water partition coefficient (Wildman–Crippen LogP) is 3.16. The fraction of sp³-hybridized carbons (Fsp3) is 0.667. The summed E-state index contributed by atoms with van der Waals surface area (Å²) in [5.41, 5.74) is 1.65. The predicted molar refractivity (Wildman–Crippen MR) is 85.8 cm³/mol. The molecule has 2 atom stereocenters. The summed E-state index contributed by atoms with van der Waals surface area (Å²) in [6, 6.07) is 3.85. The van der Waals surface area contributed by atoms with Crippen molar-refractivity contribution in [3.05, 3.63) is 29.6 Å². The summed E-state index contributed by atoms with van der Waals surface area (Å²) in [5, 5.41) is 13.1. The zero-order valence-electron chi connectivity index (χ0n) is 13.1. The fourth-order valence-electron chi connectivity index (χ4n) is 3.87. The van der Waals surface area contributed by atoms with E-state index >= 15 is 0 Å². The molecule has 0 bridgehead atoms. The highest BCUT2D eigenvalue weighted by Gasteiger charge is 2.27. The first-order chi connectivity index (χ1) is 10.8. The number of rotatable bonds is 3. The summed E-state index contributed by atoms with van der Waals surface area (Å²) in [4.78, 5) is 17.0. The van der Waals surface area contributed by atoms with Gasteiger partial charge in [0.1, 0.15) is 5.69 Å². The fourth-order valence-corrected chi connectivity index (χ4v) is 3.87. The normalized spacial score (nSPS) is 26.6. The third-order valence-corrected chi connectivity index (χ3v) is 5.14. The Balaban J connectivity index is 1.74. The lowest BCUT2D eigenvalue weighted by atomic mass is 9.83. The van der Waals surface area contributed by atoms with Crippen molar-refractivity contribution in [3.63, 3.8) is 0 Å². The quantitative estimate of drug-likeness (QED) is 0.901. The molecule has 0 radical (unpaired) electrons. The Morgan fingerprint density at radius 1 is 1.09 bits per heavy atom. The molecule has 4 nitrogen and oxygen atoms in total. The first-order valence-electron chi connectivity index (χ1n) is 8.69. The van der Waals surface area contributed by atoms with Crippen LogP contribution in [0.4, 0.5) is 0 Å². The Morgan fingerprint density at radius 3 is 2.59 bits per heavy atom. The Morgan fingerprint density at radius 2 is 1.82 bits per heavy atom. The van der Waals surface area contributed by atoms with Gasteiger partial charge in [-0.15, -0.1) is 0 Å². The van der Waals surface area contributed by atoms with Crippen molar-refractivity contribution in [3.8, 4) is 0 Å². The Kier molecular flexibility index (Phi) is 5.08. The van der Waals surface area contributed by atoms with Crippen molar-refractivity contribution in [2.75, 3.05) is 0 Å². The Hall–Kier alpha value is -1.42. The average molecular weight is 302 g/mol. The van der Waals surface area contributed by atoms with E-state index in [4.69, 9.17) is 0 Å². The van der Waals surface area contributed by atoms with E-state index in [0.29, 0.717) is 11.6 Å². The van der Waals surface area contributed by atoms with Gasteiger partial charge in [-0.1, -0.05) is 38.2 Å². The van der Waals surface area contributed by atoms with E-state index in [9.17, 15) is 9.90 Å². The summed E-state index contributed by atoms with van der Waals surface area (Å²) in [6.45, 7) is 0. The van der Waals surface area contributed by atoms with E-state index in [2.05, 4.69) is 16.4 Å². The molecule has 2 aliphatic carbocycles. The maximum absolute atomic E-state index is 12.6. The molecule has 120 valence electrons. The van der Waals surface area contributed by atoms with Crippen molar-refractivity contribution in [2.45, 2.75) is 75.9 Å². The van der Waals surface area contributed by atoms with Crippen LogP contribution in [0, 0.1) is 0 Å². The Labute approximate surface area is 132 Å². The number of nitrogens with one attached hydrogen (secondary N) is 1. The van der Waals surface area contributed by atoms with Crippen LogP contribution in [-0.2, 0) is 0 Å². The molecule has 2 saturated carbocycles. The van der Waals surface area contributed by atoms with E-state index in [1.165, 1.54) is 19.3 Å². The van der Waals surface area contributed by atoms with Crippen LogP contribution in [0.3, 0.4) is 0 Å². The van der Waals surface area contributed by atoms with E-state index < -0.39 is 6.10 Å². The highest BCUT2D eigenvalue weighted by molar-refractivity contribution is 5.94. The molecule has 1 aromatic heterocycles. The number of aromatic nitrogens is 1. The van der Waals surface area contributed by atoms with Crippen LogP contribution in [-0.4, -0.2) is 28.1 Å². The molecule has 3 rings (SSSR count). The third-order valence-electron chi connectivity index (χ3n) is 5.14. The molecule has 0 saturated heterocycles. The van der Waals surface area contributed by atoms with Crippen LogP contribution in [0.25, 0.3) is 0 Å². The van der Waals surface area contributed by atoms with Gasteiger partial charge in [0, 0.05) is 6.20 Å². The first-order valence-corrected chi connectivity index (χ1v) is 8.69. The first kappa shape index (κ1) is 15.5. The van der Waals surface area contributed by atoms with Crippen molar-refractivity contribution < 1.29 is 9.90 Å². The van der Waals surface area contributed by atoms with Gasteiger partial charge in [0.2, 0.25) is 0 Å². The second-order valence-electron chi connectivity index (χ2n) is 6.71. The SMILES string of the molecule is O=C(NC1CCCCC1O)c1ncccc1C1CCCCC1. The summed E-state index contributed by atoms with van der Waals surface area (Å²) in [6.07, 6.45) is 11.1. The van der Waals surface area contributed by atoms with E-state index in [0.717, 1.165) is 44.1 Å². The lowest BCUT2D eigenvalue weighted by Crippen LogP contribution is -2.45. The number of aliphatic hydroxyl groups is 1. The van der Waals surface area contributed by atoms with Crippen molar-refractivity contribution >= 4 is 5.91 Å². The molecule has 0 aromatic carbocycles. The van der Waals surface area contributed by atoms with Crippen LogP contribution in [0.2, 0.25) is 0 Å². The van der Waals surface area contributed by atoms with Gasteiger partial charge < -0.3 is 10.4 Å². The molecule has 2 aliphatic rings. The summed E-state index contributed by atoms with van der Waals surface area (Å²) in [7, 11) is 0. The van der Waals surface area contributed by atoms with Gasteiger partial charge in [-0.2, -0.15) is 0 Å². The van der Waals surface area contributed by atoms with Gasteiger partial charge in [-0.25, -0.2) is 0 Å². The molecule has 1 aromatic rings. The molecule has 2 unspecified atom stereocenters. The smallest absolute Gasteiger partial charge is 0.270 e. The maximum atomic E-state index is 12.6. The third kappa shape index (κ3) is 3.49. The monoisotopic (exact) mass is 302 g/mol. The van der Waals surface area contributed by atoms with Crippen LogP contribution in [0.1, 0.15) is 79.8 Å². The van der Waals surface area contributed by atoms with Gasteiger partial charge in [0.15, 0.2) is 0 Å². The standard InChI is InChI=1S/C18H26N2O2/c21-16-11-5-4-10-15(16)20-18(22)17-14(9-6-12-19-17)13-7-2-1-3-8-13/h6,9,12-13,15-16,21H,1-5,7-8,10-11H2,(H,20,22). The number of pyridine rings is 1. The van der Waals surface area contributed by atoms with Crippen molar-refractivity contribution in [1.82, 2.24) is 10.3 Å². The van der Waals surface area contributed by atoms with Crippen molar-refractivity contribution in [2.24, 2.45) is 0 Å². The number of aliphatic hydroxyl groups excluding tert-OH is 1. The zero-order valence-corrected chi connectivity index (χ0v) is 13.1. The van der Waals surface area contributed by atoms with Crippen LogP contribution < -0.4 is 5.32 Å². The molecule has 2 N–H and O–H groups in total. The lowest BCUT2D eigenvalue weighted by molar-refractivity contribution is 0.0712. The highest BCUT2D eigenvalue weighted by atomic mass is 16.3. The molecule has 0 spiro atoms. The molecule has 1 amide bonds. The minimum atomic E-state index is -0.417. The summed E-state index contributed by atoms with van der Waals surface area (Å²) < 4.78 is 0. The van der Waals surface area contributed by atoms with E-state index in [-0.39, 0.29) is 11.9 Å². The summed E-state index contributed by atoms with van der Waals surface area (Å²) in [5.74, 6) is 0.339.